The first-order valence-corrected chi connectivity index (χ1v) is 18.8. The molecule has 8 atom stereocenters. The maximum Gasteiger partial charge on any atom is 0.325 e. The van der Waals surface area contributed by atoms with Gasteiger partial charge in [-0.15, -0.1) is 0 Å². The molecule has 0 radical (unpaired) electrons. The Morgan fingerprint density at radius 2 is 1.44 bits per heavy atom. The number of carbonyl (C=O) groups excluding carboxylic acids is 6. The van der Waals surface area contributed by atoms with E-state index < -0.39 is 78.4 Å². The molecule has 0 aromatic rings. The van der Waals surface area contributed by atoms with Gasteiger partial charge in [0.05, 0.1) is 12.0 Å². The van der Waals surface area contributed by atoms with Gasteiger partial charge in [-0.1, -0.05) is 91.9 Å². The monoisotopic (exact) mass is 708 g/mol. The molecule has 14 heteroatoms. The van der Waals surface area contributed by atoms with Crippen LogP contribution in [0.4, 0.5) is 0 Å². The van der Waals surface area contributed by atoms with E-state index in [9.17, 15) is 33.9 Å². The lowest BCUT2D eigenvalue weighted by Crippen LogP contribution is -2.62. The molecule has 0 spiro atoms. The number of nitrogens with two attached hydrogens (primary N) is 1. The zero-order chi connectivity index (χ0) is 37.4. The Morgan fingerprint density at radius 3 is 2.00 bits per heavy atom. The summed E-state index contributed by atoms with van der Waals surface area (Å²) in [6.45, 7) is 7.91. The number of aliphatic hydroxyl groups excluding tert-OH is 1. The van der Waals surface area contributed by atoms with Crippen molar-refractivity contribution in [3.05, 3.63) is 0 Å². The number of aliphatic hydroxyl groups is 1. The Hall–Kier alpha value is -3.26. The third-order valence-corrected chi connectivity index (χ3v) is 10.1. The number of ether oxygens (including phenoxy) is 1. The summed E-state index contributed by atoms with van der Waals surface area (Å²) >= 11 is 0. The Kier molecular flexibility index (Phi) is 18.7. The standard InChI is InChI=1S/C36H64N6O8/c1-7-9-10-11-12-13-14-15-16-28-23(4)36(49)42(6)27(19-25-17-18-25)33(46)40-30(22(3)8-2)35(48)39-26(20-37)32(45)41-31(24(5)43)34(47)38-21-29(44)50-28/h22-28,30-31,43H,7-21,37H2,1-6H3,(H,38,47)(H,39,48)(H,40,46)(H,41,45)/t22-,23-,24+,26+,27+,28-,30+,31+/m1/s1. The highest BCUT2D eigenvalue weighted by Gasteiger charge is 2.40. The third-order valence-electron chi connectivity index (χ3n) is 10.1. The van der Waals surface area contributed by atoms with Crippen molar-refractivity contribution in [1.82, 2.24) is 26.2 Å². The van der Waals surface area contributed by atoms with Crippen LogP contribution in [0.3, 0.4) is 0 Å². The second-order valence-electron chi connectivity index (χ2n) is 14.3. The molecule has 0 unspecified atom stereocenters. The minimum Gasteiger partial charge on any atom is -0.460 e. The van der Waals surface area contributed by atoms with Gasteiger partial charge in [-0.3, -0.25) is 28.8 Å². The number of hydrogen-bond donors (Lipinski definition) is 6. The first kappa shape index (κ1) is 42.9. The Morgan fingerprint density at radius 1 is 0.840 bits per heavy atom. The summed E-state index contributed by atoms with van der Waals surface area (Å²) in [7, 11) is 1.56. The average Bonchev–Trinajstić information content (AvgIpc) is 3.92. The highest BCUT2D eigenvalue weighted by Crippen LogP contribution is 2.35. The van der Waals surface area contributed by atoms with Crippen molar-refractivity contribution >= 4 is 35.5 Å². The number of hydrogen-bond acceptors (Lipinski definition) is 9. The molecule has 5 amide bonds. The number of likely N-dealkylation sites (N-methyl/N-ethyl adjacent to an activating group) is 1. The second-order valence-corrected chi connectivity index (χ2v) is 14.3. The van der Waals surface area contributed by atoms with Crippen molar-refractivity contribution in [1.29, 1.82) is 0 Å². The molecule has 0 bridgehead atoms. The van der Waals surface area contributed by atoms with Crippen LogP contribution in [0, 0.1) is 17.8 Å². The van der Waals surface area contributed by atoms with Crippen LogP contribution >= 0.6 is 0 Å². The van der Waals surface area contributed by atoms with Crippen LogP contribution in [0.2, 0.25) is 0 Å². The summed E-state index contributed by atoms with van der Waals surface area (Å²) in [6.07, 6.45) is 9.53. The van der Waals surface area contributed by atoms with Gasteiger partial charge >= 0.3 is 5.97 Å². The molecule has 1 aliphatic heterocycles. The number of nitrogens with zero attached hydrogens (tertiary/aromatic N) is 1. The number of carbonyl (C=O) groups is 6. The van der Waals surface area contributed by atoms with Crippen LogP contribution in [0.15, 0.2) is 0 Å². The minimum absolute atomic E-state index is 0.260. The molecule has 1 saturated carbocycles. The molecule has 1 saturated heterocycles. The van der Waals surface area contributed by atoms with Crippen LogP contribution in [0.1, 0.15) is 118 Å². The zero-order valence-corrected chi connectivity index (χ0v) is 31.1. The molecule has 0 aromatic heterocycles. The lowest BCUT2D eigenvalue weighted by Gasteiger charge is -2.34. The van der Waals surface area contributed by atoms with Gasteiger partial charge in [0.25, 0.3) is 0 Å². The molecule has 7 N–H and O–H groups in total. The Balaban J connectivity index is 2.42. The normalized spacial score (nSPS) is 27.9. The predicted molar refractivity (Wildman–Crippen MR) is 189 cm³/mol. The summed E-state index contributed by atoms with van der Waals surface area (Å²) in [4.78, 5) is 82.3. The molecular formula is C36H64N6O8. The van der Waals surface area contributed by atoms with Crippen molar-refractivity contribution < 1.29 is 38.6 Å². The fraction of sp³-hybridized carbons (Fsp3) is 0.833. The summed E-state index contributed by atoms with van der Waals surface area (Å²) < 4.78 is 5.82. The molecule has 1 aliphatic carbocycles. The van der Waals surface area contributed by atoms with Gasteiger partial charge in [-0.2, -0.15) is 0 Å². The van der Waals surface area contributed by atoms with Gasteiger partial charge in [0.15, 0.2) is 0 Å². The van der Waals surface area contributed by atoms with Crippen LogP contribution in [0.5, 0.6) is 0 Å². The maximum absolute atomic E-state index is 14.0. The first-order valence-electron chi connectivity index (χ1n) is 18.8. The lowest BCUT2D eigenvalue weighted by molar-refractivity contribution is -0.157. The fourth-order valence-electron chi connectivity index (χ4n) is 6.22. The highest BCUT2D eigenvalue weighted by atomic mass is 16.5. The van der Waals surface area contributed by atoms with Gasteiger partial charge in [0.1, 0.15) is 36.8 Å². The van der Waals surface area contributed by atoms with Gasteiger partial charge in [0.2, 0.25) is 29.5 Å². The number of unbranched alkanes of at least 4 members (excludes halogenated alkanes) is 7. The smallest absolute Gasteiger partial charge is 0.325 e. The largest absolute Gasteiger partial charge is 0.460 e. The first-order chi connectivity index (χ1) is 23.7. The molecule has 0 aromatic carbocycles. The van der Waals surface area contributed by atoms with E-state index in [1.807, 2.05) is 6.92 Å². The van der Waals surface area contributed by atoms with Crippen molar-refractivity contribution in [2.45, 2.75) is 154 Å². The van der Waals surface area contributed by atoms with E-state index >= 15 is 0 Å². The van der Waals surface area contributed by atoms with Crippen LogP contribution in [-0.2, 0) is 33.5 Å². The SMILES string of the molecule is CCCCCCCCCC[C@H]1OC(=O)CNC(=O)[C@H]([C@H](C)O)NC(=O)[C@H](CN)NC(=O)[C@H]([C@H](C)CC)NC(=O)[C@H](CC2CC2)N(C)C(=O)[C@@H]1C. The number of esters is 1. The molecule has 1 heterocycles. The average molecular weight is 709 g/mol. The Bertz CT molecular complexity index is 1130. The third kappa shape index (κ3) is 13.8. The van der Waals surface area contributed by atoms with Gasteiger partial charge < -0.3 is 41.7 Å². The fourth-order valence-corrected chi connectivity index (χ4v) is 6.22. The molecule has 2 fully saturated rings. The van der Waals surface area contributed by atoms with Gasteiger partial charge in [-0.05, 0) is 38.0 Å². The summed E-state index contributed by atoms with van der Waals surface area (Å²) in [5.74, 6) is -4.85. The number of nitrogens with one attached hydrogen (secondary N) is 4. The van der Waals surface area contributed by atoms with E-state index in [-0.39, 0.29) is 24.3 Å². The summed E-state index contributed by atoms with van der Waals surface area (Å²) in [6, 6.07) is -4.70. The van der Waals surface area contributed by atoms with E-state index in [0.717, 1.165) is 44.9 Å². The minimum atomic E-state index is -1.47. The molecular weight excluding hydrogens is 644 g/mol. The Labute approximate surface area is 298 Å². The molecule has 50 heavy (non-hydrogen) atoms. The predicted octanol–water partition coefficient (Wildman–Crippen LogP) is 1.66. The van der Waals surface area contributed by atoms with E-state index in [4.69, 9.17) is 10.5 Å². The summed E-state index contributed by atoms with van der Waals surface area (Å²) in [5, 5.41) is 20.6. The van der Waals surface area contributed by atoms with E-state index in [2.05, 4.69) is 28.2 Å². The lowest BCUT2D eigenvalue weighted by atomic mass is 9.94. The second kappa shape index (κ2) is 21.8. The number of cyclic esters (lactones) is 1. The topological polar surface area (TPSA) is 209 Å². The highest BCUT2D eigenvalue weighted by molar-refractivity contribution is 5.96. The number of amides is 5. The van der Waals surface area contributed by atoms with Crippen LogP contribution in [0.25, 0.3) is 0 Å². The maximum atomic E-state index is 14.0. The van der Waals surface area contributed by atoms with Crippen molar-refractivity contribution in [3.63, 3.8) is 0 Å². The zero-order valence-electron chi connectivity index (χ0n) is 31.1. The molecule has 14 nitrogen and oxygen atoms in total. The molecule has 2 aliphatic rings. The van der Waals surface area contributed by atoms with Gasteiger partial charge in [-0.25, -0.2) is 0 Å². The van der Waals surface area contributed by atoms with Gasteiger partial charge in [0, 0.05) is 13.6 Å². The van der Waals surface area contributed by atoms with Crippen molar-refractivity contribution in [2.75, 3.05) is 20.1 Å². The quantitative estimate of drug-likeness (QED) is 0.108. The van der Waals surface area contributed by atoms with E-state index in [1.165, 1.54) is 31.1 Å². The van der Waals surface area contributed by atoms with Crippen molar-refractivity contribution in [2.24, 2.45) is 23.5 Å². The van der Waals surface area contributed by atoms with Crippen LogP contribution in [-0.4, -0.2) is 102 Å². The summed E-state index contributed by atoms with van der Waals surface area (Å²) in [5.41, 5.74) is 5.84. The van der Waals surface area contributed by atoms with E-state index in [0.29, 0.717) is 19.3 Å². The van der Waals surface area contributed by atoms with E-state index in [1.54, 1.807) is 20.9 Å². The van der Waals surface area contributed by atoms with Crippen molar-refractivity contribution in [3.8, 4) is 0 Å². The molecule has 2 rings (SSSR count). The number of rotatable bonds is 15. The van der Waals surface area contributed by atoms with Crippen LogP contribution < -0.4 is 27.0 Å². The molecule has 286 valence electrons.